The first kappa shape index (κ1) is 13.3. The van der Waals surface area contributed by atoms with E-state index >= 15 is 0 Å². The van der Waals surface area contributed by atoms with E-state index in [1.165, 1.54) is 37.7 Å². The van der Waals surface area contributed by atoms with Gasteiger partial charge in [-0.15, -0.1) is 0 Å². The van der Waals surface area contributed by atoms with Crippen molar-refractivity contribution in [1.29, 1.82) is 0 Å². The van der Waals surface area contributed by atoms with Crippen LogP contribution in [0, 0.1) is 6.92 Å². The molecule has 0 unspecified atom stereocenters. The quantitative estimate of drug-likeness (QED) is 0.803. The SMILES string of the molecule is Cc1cc(OC2CCCCC2)c(C(C)C)cc1N. The number of anilines is 1. The highest BCUT2D eigenvalue weighted by molar-refractivity contribution is 5.55. The minimum Gasteiger partial charge on any atom is -0.490 e. The monoisotopic (exact) mass is 247 g/mol. The van der Waals surface area contributed by atoms with Crippen LogP contribution >= 0.6 is 0 Å². The molecule has 100 valence electrons. The molecule has 2 rings (SSSR count). The highest BCUT2D eigenvalue weighted by Crippen LogP contribution is 2.33. The van der Waals surface area contributed by atoms with Crippen molar-refractivity contribution in [3.05, 3.63) is 23.3 Å². The van der Waals surface area contributed by atoms with Gasteiger partial charge in [0.2, 0.25) is 0 Å². The number of rotatable bonds is 3. The van der Waals surface area contributed by atoms with Crippen molar-refractivity contribution in [3.63, 3.8) is 0 Å². The van der Waals surface area contributed by atoms with Crippen molar-refractivity contribution < 1.29 is 4.74 Å². The van der Waals surface area contributed by atoms with Crippen LogP contribution in [0.2, 0.25) is 0 Å². The van der Waals surface area contributed by atoms with Gasteiger partial charge >= 0.3 is 0 Å². The van der Waals surface area contributed by atoms with E-state index in [1.807, 2.05) is 6.92 Å². The lowest BCUT2D eigenvalue weighted by molar-refractivity contribution is 0.153. The number of hydrogen-bond acceptors (Lipinski definition) is 2. The van der Waals surface area contributed by atoms with Crippen LogP contribution in [0.15, 0.2) is 12.1 Å². The summed E-state index contributed by atoms with van der Waals surface area (Å²) in [5.41, 5.74) is 9.23. The van der Waals surface area contributed by atoms with Crippen molar-refractivity contribution in [1.82, 2.24) is 0 Å². The molecule has 0 aromatic heterocycles. The average molecular weight is 247 g/mol. The molecule has 2 N–H and O–H groups in total. The van der Waals surface area contributed by atoms with Gasteiger partial charge < -0.3 is 10.5 Å². The first-order chi connectivity index (χ1) is 8.58. The van der Waals surface area contributed by atoms with E-state index in [0.29, 0.717) is 12.0 Å². The lowest BCUT2D eigenvalue weighted by Gasteiger charge is -2.25. The molecule has 0 saturated heterocycles. The summed E-state index contributed by atoms with van der Waals surface area (Å²) in [4.78, 5) is 0. The number of aryl methyl sites for hydroxylation is 1. The molecular formula is C16H25NO. The van der Waals surface area contributed by atoms with Crippen LogP contribution < -0.4 is 10.5 Å². The van der Waals surface area contributed by atoms with Gasteiger partial charge in [0, 0.05) is 5.69 Å². The third kappa shape index (κ3) is 2.98. The maximum absolute atomic E-state index is 6.23. The second-order valence-electron chi connectivity index (χ2n) is 5.78. The lowest BCUT2D eigenvalue weighted by Crippen LogP contribution is -2.20. The molecule has 0 spiro atoms. The Morgan fingerprint density at radius 2 is 1.83 bits per heavy atom. The fourth-order valence-corrected chi connectivity index (χ4v) is 2.63. The Balaban J connectivity index is 2.21. The number of hydrogen-bond donors (Lipinski definition) is 1. The Morgan fingerprint density at radius 1 is 1.17 bits per heavy atom. The number of ether oxygens (including phenoxy) is 1. The molecule has 1 saturated carbocycles. The first-order valence-electron chi connectivity index (χ1n) is 7.14. The van der Waals surface area contributed by atoms with Crippen molar-refractivity contribution in [2.24, 2.45) is 0 Å². The second kappa shape index (κ2) is 5.64. The van der Waals surface area contributed by atoms with E-state index in [0.717, 1.165) is 17.0 Å². The molecule has 1 fully saturated rings. The molecular weight excluding hydrogens is 222 g/mol. The van der Waals surface area contributed by atoms with Crippen LogP contribution in [0.4, 0.5) is 5.69 Å². The van der Waals surface area contributed by atoms with Crippen LogP contribution in [-0.2, 0) is 0 Å². The van der Waals surface area contributed by atoms with E-state index in [-0.39, 0.29) is 0 Å². The zero-order valence-electron chi connectivity index (χ0n) is 11.8. The highest BCUT2D eigenvalue weighted by atomic mass is 16.5. The maximum Gasteiger partial charge on any atom is 0.123 e. The van der Waals surface area contributed by atoms with E-state index in [2.05, 4.69) is 26.0 Å². The molecule has 18 heavy (non-hydrogen) atoms. The molecule has 1 aliphatic carbocycles. The van der Waals surface area contributed by atoms with Gasteiger partial charge in [-0.2, -0.15) is 0 Å². The molecule has 2 nitrogen and oxygen atoms in total. The normalized spacial score (nSPS) is 17.1. The van der Waals surface area contributed by atoms with E-state index in [9.17, 15) is 0 Å². The van der Waals surface area contributed by atoms with Crippen LogP contribution in [0.25, 0.3) is 0 Å². The third-order valence-corrected chi connectivity index (χ3v) is 3.87. The fraction of sp³-hybridized carbons (Fsp3) is 0.625. The standard InChI is InChI=1S/C16H25NO/c1-11(2)14-10-15(17)12(3)9-16(14)18-13-7-5-4-6-8-13/h9-11,13H,4-8,17H2,1-3H3. The molecule has 0 radical (unpaired) electrons. The molecule has 0 aliphatic heterocycles. The summed E-state index contributed by atoms with van der Waals surface area (Å²) < 4.78 is 6.23. The van der Waals surface area contributed by atoms with Crippen LogP contribution in [0.1, 0.15) is 63.0 Å². The summed E-state index contributed by atoms with van der Waals surface area (Å²) in [6.45, 7) is 6.43. The van der Waals surface area contributed by atoms with Gasteiger partial charge in [-0.3, -0.25) is 0 Å². The predicted molar refractivity (Wildman–Crippen MR) is 77.2 cm³/mol. The van der Waals surface area contributed by atoms with Crippen molar-refractivity contribution in [2.75, 3.05) is 5.73 Å². The maximum atomic E-state index is 6.23. The molecule has 0 amide bonds. The summed E-state index contributed by atoms with van der Waals surface area (Å²) >= 11 is 0. The topological polar surface area (TPSA) is 35.2 Å². The minimum absolute atomic E-state index is 0.402. The largest absolute Gasteiger partial charge is 0.490 e. The Bertz CT molecular complexity index is 406. The summed E-state index contributed by atoms with van der Waals surface area (Å²) in [7, 11) is 0. The van der Waals surface area contributed by atoms with E-state index in [4.69, 9.17) is 10.5 Å². The summed E-state index contributed by atoms with van der Waals surface area (Å²) in [5, 5.41) is 0. The summed E-state index contributed by atoms with van der Waals surface area (Å²) in [6, 6.07) is 4.19. The van der Waals surface area contributed by atoms with E-state index in [1.54, 1.807) is 0 Å². The summed E-state index contributed by atoms with van der Waals surface area (Å²) in [6.07, 6.45) is 6.75. The van der Waals surface area contributed by atoms with Crippen molar-refractivity contribution >= 4 is 5.69 Å². The van der Waals surface area contributed by atoms with Gasteiger partial charge in [-0.25, -0.2) is 0 Å². The third-order valence-electron chi connectivity index (χ3n) is 3.87. The van der Waals surface area contributed by atoms with Crippen LogP contribution in [-0.4, -0.2) is 6.10 Å². The average Bonchev–Trinajstić information content (AvgIpc) is 2.34. The van der Waals surface area contributed by atoms with Crippen LogP contribution in [0.3, 0.4) is 0 Å². The first-order valence-corrected chi connectivity index (χ1v) is 7.14. The molecule has 0 heterocycles. The van der Waals surface area contributed by atoms with Gasteiger partial charge in [0.25, 0.3) is 0 Å². The molecule has 1 aromatic rings. The smallest absolute Gasteiger partial charge is 0.123 e. The molecule has 2 heteroatoms. The Hall–Kier alpha value is -1.18. The molecule has 0 atom stereocenters. The zero-order chi connectivity index (χ0) is 13.1. The highest BCUT2D eigenvalue weighted by Gasteiger charge is 2.18. The zero-order valence-corrected chi connectivity index (χ0v) is 11.8. The Morgan fingerprint density at radius 3 is 2.44 bits per heavy atom. The molecule has 1 aliphatic rings. The fourth-order valence-electron chi connectivity index (χ4n) is 2.63. The second-order valence-corrected chi connectivity index (χ2v) is 5.78. The van der Waals surface area contributed by atoms with Gasteiger partial charge in [0.15, 0.2) is 0 Å². The predicted octanol–water partition coefficient (Wildman–Crippen LogP) is 4.41. The van der Waals surface area contributed by atoms with Gasteiger partial charge in [-0.05, 0) is 61.8 Å². The molecule has 0 bridgehead atoms. The van der Waals surface area contributed by atoms with E-state index < -0.39 is 0 Å². The number of benzene rings is 1. The Labute approximate surface area is 111 Å². The van der Waals surface area contributed by atoms with Gasteiger partial charge in [0.05, 0.1) is 6.10 Å². The lowest BCUT2D eigenvalue weighted by atomic mass is 9.96. The minimum atomic E-state index is 0.402. The summed E-state index contributed by atoms with van der Waals surface area (Å²) in [5.74, 6) is 1.50. The van der Waals surface area contributed by atoms with Crippen LogP contribution in [0.5, 0.6) is 5.75 Å². The molecule has 1 aromatic carbocycles. The number of nitrogens with two attached hydrogens (primary N) is 1. The number of nitrogen functional groups attached to an aromatic ring is 1. The van der Waals surface area contributed by atoms with Gasteiger partial charge in [0.1, 0.15) is 5.75 Å². The van der Waals surface area contributed by atoms with Crippen molar-refractivity contribution in [2.45, 2.75) is 64.9 Å². The Kier molecular flexibility index (Phi) is 4.15. The van der Waals surface area contributed by atoms with Gasteiger partial charge in [-0.1, -0.05) is 20.3 Å². The van der Waals surface area contributed by atoms with Crippen molar-refractivity contribution in [3.8, 4) is 5.75 Å².